The van der Waals surface area contributed by atoms with Gasteiger partial charge in [0.25, 0.3) is 0 Å². The van der Waals surface area contributed by atoms with Gasteiger partial charge in [-0.15, -0.1) is 22.7 Å². The van der Waals surface area contributed by atoms with E-state index >= 15 is 0 Å². The van der Waals surface area contributed by atoms with E-state index in [1.807, 2.05) is 0 Å². The first-order valence-corrected chi connectivity index (χ1v) is 7.32. The van der Waals surface area contributed by atoms with Crippen molar-refractivity contribution in [1.82, 2.24) is 0 Å². The van der Waals surface area contributed by atoms with Crippen LogP contribution in [0.15, 0.2) is 19.7 Å². The van der Waals surface area contributed by atoms with Crippen molar-refractivity contribution < 1.29 is 0 Å². The Morgan fingerprint density at radius 2 is 1.71 bits per heavy atom. The van der Waals surface area contributed by atoms with E-state index in [9.17, 15) is 0 Å². The van der Waals surface area contributed by atoms with Gasteiger partial charge in [-0.1, -0.05) is 0 Å². The van der Waals surface area contributed by atoms with E-state index in [1.54, 1.807) is 22.7 Å². The molecule has 0 aliphatic rings. The summed E-state index contributed by atoms with van der Waals surface area (Å²) in [7, 11) is 0. The minimum absolute atomic E-state index is 1.20. The molecule has 0 saturated heterocycles. The van der Waals surface area contributed by atoms with Crippen molar-refractivity contribution in [2.75, 3.05) is 0 Å². The SMILES string of the molecule is Cc1cc(-c2sc(Br)cc2C)sc1Br. The Morgan fingerprint density at radius 3 is 2.14 bits per heavy atom. The third-order valence-electron chi connectivity index (χ3n) is 1.97. The van der Waals surface area contributed by atoms with Crippen LogP contribution in [0.4, 0.5) is 0 Å². The molecular weight excluding hydrogens is 344 g/mol. The predicted molar refractivity (Wildman–Crippen MR) is 72.5 cm³/mol. The molecule has 0 fully saturated rings. The molecule has 2 aromatic rings. The third kappa shape index (κ3) is 1.98. The first-order valence-electron chi connectivity index (χ1n) is 4.10. The maximum absolute atomic E-state index is 3.56. The molecule has 0 N–H and O–H groups in total. The predicted octanol–water partition coefficient (Wildman–Crippen LogP) is 5.62. The summed E-state index contributed by atoms with van der Waals surface area (Å²) < 4.78 is 2.43. The van der Waals surface area contributed by atoms with Gasteiger partial charge < -0.3 is 0 Å². The van der Waals surface area contributed by atoms with Crippen LogP contribution >= 0.6 is 54.5 Å². The fourth-order valence-corrected chi connectivity index (χ4v) is 4.69. The molecule has 0 amide bonds. The summed E-state index contributed by atoms with van der Waals surface area (Å²) in [4.78, 5) is 2.72. The maximum atomic E-state index is 3.56. The molecule has 74 valence electrons. The number of rotatable bonds is 1. The average Bonchev–Trinajstić information content (AvgIpc) is 2.57. The quantitative estimate of drug-likeness (QED) is 0.625. The van der Waals surface area contributed by atoms with Crippen LogP contribution in [0.1, 0.15) is 11.1 Å². The molecule has 0 spiro atoms. The van der Waals surface area contributed by atoms with E-state index in [1.165, 1.54) is 28.5 Å². The monoisotopic (exact) mass is 350 g/mol. The highest BCUT2D eigenvalue weighted by atomic mass is 79.9. The molecule has 0 atom stereocenters. The summed E-state index contributed by atoms with van der Waals surface area (Å²) in [6, 6.07) is 4.41. The van der Waals surface area contributed by atoms with E-state index in [4.69, 9.17) is 0 Å². The van der Waals surface area contributed by atoms with Crippen molar-refractivity contribution in [3.05, 3.63) is 30.8 Å². The van der Waals surface area contributed by atoms with Gasteiger partial charge in [-0.2, -0.15) is 0 Å². The molecule has 2 heterocycles. The molecule has 0 aliphatic carbocycles. The highest BCUT2D eigenvalue weighted by Gasteiger charge is 2.10. The summed E-state index contributed by atoms with van der Waals surface area (Å²) in [6.07, 6.45) is 0. The van der Waals surface area contributed by atoms with Crippen molar-refractivity contribution in [2.24, 2.45) is 0 Å². The fourth-order valence-electron chi connectivity index (χ4n) is 1.26. The number of hydrogen-bond acceptors (Lipinski definition) is 2. The zero-order chi connectivity index (χ0) is 10.3. The Kier molecular flexibility index (Phi) is 3.17. The first kappa shape index (κ1) is 10.9. The molecule has 0 nitrogen and oxygen atoms in total. The van der Waals surface area contributed by atoms with Crippen LogP contribution < -0.4 is 0 Å². The molecular formula is C10H8Br2S2. The first-order chi connectivity index (χ1) is 6.58. The van der Waals surface area contributed by atoms with Gasteiger partial charge in [-0.05, 0) is 69.0 Å². The number of halogens is 2. The normalized spacial score (nSPS) is 10.9. The lowest BCUT2D eigenvalue weighted by atomic mass is 10.2. The second kappa shape index (κ2) is 4.08. The zero-order valence-corrected chi connectivity index (χ0v) is 12.5. The van der Waals surface area contributed by atoms with E-state index in [-0.39, 0.29) is 0 Å². The topological polar surface area (TPSA) is 0 Å². The molecule has 0 aliphatic heterocycles. The summed E-state index contributed by atoms with van der Waals surface area (Å²) in [5, 5.41) is 0. The molecule has 0 saturated carbocycles. The Morgan fingerprint density at radius 1 is 1.00 bits per heavy atom. The molecule has 2 rings (SSSR count). The maximum Gasteiger partial charge on any atom is 0.0734 e. The fraction of sp³-hybridized carbons (Fsp3) is 0.200. The Hall–Kier alpha value is 0.360. The molecule has 0 radical (unpaired) electrons. The average molecular weight is 352 g/mol. The lowest BCUT2D eigenvalue weighted by molar-refractivity contribution is 1.52. The highest BCUT2D eigenvalue weighted by Crippen LogP contribution is 2.41. The Balaban J connectivity index is 2.54. The van der Waals surface area contributed by atoms with Gasteiger partial charge in [0.05, 0.1) is 7.57 Å². The molecule has 4 heteroatoms. The van der Waals surface area contributed by atoms with Crippen molar-refractivity contribution in [2.45, 2.75) is 13.8 Å². The van der Waals surface area contributed by atoms with E-state index < -0.39 is 0 Å². The van der Waals surface area contributed by atoms with E-state index in [0.29, 0.717) is 0 Å². The summed E-state index contributed by atoms with van der Waals surface area (Å²) in [6.45, 7) is 4.28. The van der Waals surface area contributed by atoms with Crippen LogP contribution in [-0.4, -0.2) is 0 Å². The lowest BCUT2D eigenvalue weighted by Crippen LogP contribution is -1.67. The van der Waals surface area contributed by atoms with Gasteiger partial charge in [0, 0.05) is 9.75 Å². The van der Waals surface area contributed by atoms with Gasteiger partial charge >= 0.3 is 0 Å². The number of aryl methyl sites for hydroxylation is 2. The smallest absolute Gasteiger partial charge is 0.0734 e. The number of hydrogen-bond donors (Lipinski definition) is 0. The van der Waals surface area contributed by atoms with Crippen molar-refractivity contribution in [1.29, 1.82) is 0 Å². The van der Waals surface area contributed by atoms with Crippen molar-refractivity contribution in [3.63, 3.8) is 0 Å². The molecule has 0 bridgehead atoms. The van der Waals surface area contributed by atoms with E-state index in [2.05, 4.69) is 57.8 Å². The largest absolute Gasteiger partial charge is 0.127 e. The molecule has 14 heavy (non-hydrogen) atoms. The lowest BCUT2D eigenvalue weighted by Gasteiger charge is -1.92. The highest BCUT2D eigenvalue weighted by molar-refractivity contribution is 9.11. The van der Waals surface area contributed by atoms with Crippen LogP contribution in [0.3, 0.4) is 0 Å². The molecule has 0 aromatic carbocycles. The van der Waals surface area contributed by atoms with Gasteiger partial charge in [-0.3, -0.25) is 0 Å². The van der Waals surface area contributed by atoms with Crippen LogP contribution in [0.2, 0.25) is 0 Å². The third-order valence-corrected chi connectivity index (χ3v) is 6.03. The standard InChI is InChI=1S/C10H8Br2S2/c1-5-4-8(11)14-9(5)7-3-6(2)10(12)13-7/h3-4H,1-2H3. The number of thiophene rings is 2. The minimum atomic E-state index is 1.20. The Bertz CT molecular complexity index is 449. The van der Waals surface area contributed by atoms with Gasteiger partial charge in [0.1, 0.15) is 0 Å². The van der Waals surface area contributed by atoms with Crippen LogP contribution in [0, 0.1) is 13.8 Å². The second-order valence-corrected chi connectivity index (χ2v) is 7.93. The second-order valence-electron chi connectivity index (χ2n) is 3.13. The zero-order valence-electron chi connectivity index (χ0n) is 7.73. The summed E-state index contributed by atoms with van der Waals surface area (Å²) in [5.74, 6) is 0. The van der Waals surface area contributed by atoms with Gasteiger partial charge in [0.15, 0.2) is 0 Å². The van der Waals surface area contributed by atoms with Crippen LogP contribution in [-0.2, 0) is 0 Å². The van der Waals surface area contributed by atoms with Crippen molar-refractivity contribution in [3.8, 4) is 9.75 Å². The Labute approximate surface area is 108 Å². The van der Waals surface area contributed by atoms with Gasteiger partial charge in [0.2, 0.25) is 0 Å². The van der Waals surface area contributed by atoms with E-state index in [0.717, 1.165) is 0 Å². The van der Waals surface area contributed by atoms with Gasteiger partial charge in [-0.25, -0.2) is 0 Å². The minimum Gasteiger partial charge on any atom is -0.127 e. The van der Waals surface area contributed by atoms with Crippen LogP contribution in [0.25, 0.3) is 9.75 Å². The summed E-state index contributed by atoms with van der Waals surface area (Å²) in [5.41, 5.74) is 2.66. The van der Waals surface area contributed by atoms with Crippen molar-refractivity contribution >= 4 is 54.5 Å². The van der Waals surface area contributed by atoms with Crippen LogP contribution in [0.5, 0.6) is 0 Å². The molecule has 2 aromatic heterocycles. The summed E-state index contributed by atoms with van der Waals surface area (Å²) >= 11 is 10.7. The molecule has 0 unspecified atom stereocenters.